The summed E-state index contributed by atoms with van der Waals surface area (Å²) in [6.45, 7) is 5.26. The van der Waals surface area contributed by atoms with Gasteiger partial charge in [-0.25, -0.2) is 13.6 Å². The molecule has 1 atom stereocenters. The summed E-state index contributed by atoms with van der Waals surface area (Å²) in [5.74, 6) is 0. The van der Waals surface area contributed by atoms with Crippen LogP contribution in [0.5, 0.6) is 0 Å². The van der Waals surface area contributed by atoms with E-state index < -0.39 is 18.4 Å². The van der Waals surface area contributed by atoms with Crippen molar-refractivity contribution in [3.05, 3.63) is 0 Å². The Balaban J connectivity index is 2.27. The summed E-state index contributed by atoms with van der Waals surface area (Å²) in [4.78, 5) is 13.4. The second kappa shape index (κ2) is 7.03. The molecule has 0 aromatic carbocycles. The average molecular weight is 279 g/mol. The first kappa shape index (κ1) is 16.1. The molecule has 1 fully saturated rings. The van der Waals surface area contributed by atoms with Gasteiger partial charge in [0, 0.05) is 13.1 Å². The van der Waals surface area contributed by atoms with Crippen molar-refractivity contribution in [2.75, 3.05) is 26.4 Å². The number of hydrogen-bond donors (Lipinski definition) is 0. The molecule has 0 spiro atoms. The number of halogens is 2. The quantitative estimate of drug-likeness (QED) is 0.794. The number of hydrogen-bond acceptors (Lipinski definition) is 3. The molecule has 6 heteroatoms. The summed E-state index contributed by atoms with van der Waals surface area (Å²) in [7, 11) is 0. The van der Waals surface area contributed by atoms with Crippen LogP contribution in [0.2, 0.25) is 0 Å². The lowest BCUT2D eigenvalue weighted by atomic mass is 10.1. The van der Waals surface area contributed by atoms with Crippen LogP contribution >= 0.6 is 0 Å². The minimum absolute atomic E-state index is 0.108. The van der Waals surface area contributed by atoms with E-state index in [0.717, 1.165) is 0 Å². The number of carbonyl (C=O) groups excluding carboxylic acids is 1. The van der Waals surface area contributed by atoms with Crippen molar-refractivity contribution in [2.45, 2.75) is 51.5 Å². The van der Waals surface area contributed by atoms with Crippen LogP contribution in [-0.2, 0) is 9.47 Å². The fraction of sp³-hybridized carbons (Fsp3) is 0.923. The van der Waals surface area contributed by atoms with Crippen LogP contribution in [0, 0.1) is 0 Å². The summed E-state index contributed by atoms with van der Waals surface area (Å²) in [5.41, 5.74) is -0.507. The third kappa shape index (κ3) is 6.18. The van der Waals surface area contributed by atoms with Gasteiger partial charge >= 0.3 is 6.09 Å². The van der Waals surface area contributed by atoms with Gasteiger partial charge in [0.1, 0.15) is 12.3 Å². The fourth-order valence-corrected chi connectivity index (χ4v) is 1.82. The van der Waals surface area contributed by atoms with Crippen LogP contribution in [0.15, 0.2) is 0 Å². The number of rotatable bonds is 4. The Morgan fingerprint density at radius 3 is 2.42 bits per heavy atom. The first-order chi connectivity index (χ1) is 8.81. The zero-order valence-corrected chi connectivity index (χ0v) is 11.8. The molecule has 19 heavy (non-hydrogen) atoms. The van der Waals surface area contributed by atoms with Gasteiger partial charge in [-0.2, -0.15) is 0 Å². The largest absolute Gasteiger partial charge is 0.444 e. The molecule has 4 nitrogen and oxygen atoms in total. The first-order valence-electron chi connectivity index (χ1n) is 6.61. The Morgan fingerprint density at radius 2 is 1.95 bits per heavy atom. The van der Waals surface area contributed by atoms with Crippen molar-refractivity contribution in [2.24, 2.45) is 0 Å². The normalized spacial score (nSPS) is 19.3. The molecule has 0 N–H and O–H groups in total. The molecule has 1 aliphatic heterocycles. The van der Waals surface area contributed by atoms with Crippen molar-refractivity contribution in [3.63, 3.8) is 0 Å². The highest BCUT2D eigenvalue weighted by Crippen LogP contribution is 2.17. The highest BCUT2D eigenvalue weighted by molar-refractivity contribution is 5.68. The Kier molecular flexibility index (Phi) is 5.97. The molecule has 0 aromatic heterocycles. The van der Waals surface area contributed by atoms with E-state index >= 15 is 0 Å². The molecule has 0 aromatic rings. The molecule has 1 unspecified atom stereocenters. The summed E-state index contributed by atoms with van der Waals surface area (Å²) >= 11 is 0. The highest BCUT2D eigenvalue weighted by Gasteiger charge is 2.27. The standard InChI is InChI=1S/C13H23F2NO3/c1-13(2,3)19-12(17)16-6-4-11(5-7-16)18-9-10(15)8-14/h10-11H,4-9H2,1-3H3. The Hall–Kier alpha value is -0.910. The van der Waals surface area contributed by atoms with E-state index in [-0.39, 0.29) is 18.8 Å². The van der Waals surface area contributed by atoms with Crippen LogP contribution < -0.4 is 0 Å². The lowest BCUT2D eigenvalue weighted by Crippen LogP contribution is -2.43. The molecular weight excluding hydrogens is 256 g/mol. The van der Waals surface area contributed by atoms with E-state index in [2.05, 4.69) is 0 Å². The molecule has 1 amide bonds. The van der Waals surface area contributed by atoms with E-state index in [9.17, 15) is 13.6 Å². The van der Waals surface area contributed by atoms with E-state index in [1.54, 1.807) is 4.90 Å². The molecule has 112 valence electrons. The van der Waals surface area contributed by atoms with Crippen LogP contribution in [0.3, 0.4) is 0 Å². The van der Waals surface area contributed by atoms with Gasteiger partial charge in [0.15, 0.2) is 6.17 Å². The minimum Gasteiger partial charge on any atom is -0.444 e. The Bertz CT molecular complexity index is 286. The minimum atomic E-state index is -1.55. The van der Waals surface area contributed by atoms with Crippen molar-refractivity contribution in [1.29, 1.82) is 0 Å². The van der Waals surface area contributed by atoms with Crippen molar-refractivity contribution >= 4 is 6.09 Å². The number of alkyl halides is 2. The maximum atomic E-state index is 12.7. The predicted octanol–water partition coefficient (Wildman–Crippen LogP) is 2.71. The Labute approximate surface area is 113 Å². The molecule has 1 saturated heterocycles. The van der Waals surface area contributed by atoms with Crippen LogP contribution in [-0.4, -0.2) is 55.2 Å². The molecule has 0 bridgehead atoms. The summed E-state index contributed by atoms with van der Waals surface area (Å²) in [5, 5.41) is 0. The third-order valence-electron chi connectivity index (χ3n) is 2.77. The fourth-order valence-electron chi connectivity index (χ4n) is 1.82. The smallest absolute Gasteiger partial charge is 0.410 e. The molecular formula is C13H23F2NO3. The van der Waals surface area contributed by atoms with Gasteiger partial charge in [0.2, 0.25) is 0 Å². The van der Waals surface area contributed by atoms with Crippen molar-refractivity contribution in [1.82, 2.24) is 4.90 Å². The van der Waals surface area contributed by atoms with Gasteiger partial charge in [-0.1, -0.05) is 0 Å². The zero-order valence-electron chi connectivity index (χ0n) is 11.8. The summed E-state index contributed by atoms with van der Waals surface area (Å²) in [6, 6.07) is 0. The van der Waals surface area contributed by atoms with Crippen LogP contribution in [0.4, 0.5) is 13.6 Å². The predicted molar refractivity (Wildman–Crippen MR) is 67.7 cm³/mol. The third-order valence-corrected chi connectivity index (χ3v) is 2.77. The van der Waals surface area contributed by atoms with Crippen LogP contribution in [0.25, 0.3) is 0 Å². The van der Waals surface area contributed by atoms with E-state index in [1.807, 2.05) is 20.8 Å². The molecule has 0 radical (unpaired) electrons. The van der Waals surface area contributed by atoms with Crippen molar-refractivity contribution in [3.8, 4) is 0 Å². The van der Waals surface area contributed by atoms with Gasteiger partial charge in [-0.05, 0) is 33.6 Å². The number of piperidine rings is 1. The zero-order chi connectivity index (χ0) is 14.5. The second-order valence-corrected chi connectivity index (χ2v) is 5.75. The summed E-state index contributed by atoms with van der Waals surface area (Å²) in [6.07, 6.45) is -0.748. The number of amides is 1. The molecule has 0 aliphatic carbocycles. The average Bonchev–Trinajstić information content (AvgIpc) is 2.34. The number of carbonyl (C=O) groups is 1. The SMILES string of the molecule is CC(C)(C)OC(=O)N1CCC(OCC(F)CF)CC1. The lowest BCUT2D eigenvalue weighted by molar-refractivity contribution is -0.0275. The maximum absolute atomic E-state index is 12.7. The first-order valence-corrected chi connectivity index (χ1v) is 6.61. The van der Waals surface area contributed by atoms with Gasteiger partial charge in [-0.3, -0.25) is 0 Å². The molecule has 1 rings (SSSR count). The molecule has 1 heterocycles. The maximum Gasteiger partial charge on any atom is 0.410 e. The molecule has 1 aliphatic rings. The van der Waals surface area contributed by atoms with E-state index in [4.69, 9.17) is 9.47 Å². The van der Waals surface area contributed by atoms with E-state index in [1.165, 1.54) is 0 Å². The lowest BCUT2D eigenvalue weighted by Gasteiger charge is -2.33. The second-order valence-electron chi connectivity index (χ2n) is 5.75. The number of ether oxygens (including phenoxy) is 2. The monoisotopic (exact) mass is 279 g/mol. The number of nitrogens with zero attached hydrogens (tertiary/aromatic N) is 1. The van der Waals surface area contributed by atoms with Gasteiger partial charge in [0.05, 0.1) is 12.7 Å². The van der Waals surface area contributed by atoms with Crippen molar-refractivity contribution < 1.29 is 23.0 Å². The van der Waals surface area contributed by atoms with E-state index in [0.29, 0.717) is 25.9 Å². The van der Waals surface area contributed by atoms with Gasteiger partial charge < -0.3 is 14.4 Å². The summed E-state index contributed by atoms with van der Waals surface area (Å²) < 4.78 is 35.2. The number of likely N-dealkylation sites (tertiary alicyclic amines) is 1. The Morgan fingerprint density at radius 1 is 1.37 bits per heavy atom. The molecule has 0 saturated carbocycles. The highest BCUT2D eigenvalue weighted by atomic mass is 19.2. The van der Waals surface area contributed by atoms with Gasteiger partial charge in [0.25, 0.3) is 0 Å². The topological polar surface area (TPSA) is 38.8 Å². The van der Waals surface area contributed by atoms with Gasteiger partial charge in [-0.15, -0.1) is 0 Å². The van der Waals surface area contributed by atoms with Crippen LogP contribution in [0.1, 0.15) is 33.6 Å².